The number of nitrogens with one attached hydrogen (secondary N) is 2. The number of hydrogen-bond acceptors (Lipinski definition) is 7. The normalized spacial score (nSPS) is 11.2. The van der Waals surface area contributed by atoms with Crippen LogP contribution in [0.25, 0.3) is 0 Å². The molecular weight excluding hydrogens is 275 g/mol. The molecule has 2 aromatic rings. The molecule has 0 aromatic carbocycles. The summed E-state index contributed by atoms with van der Waals surface area (Å²) in [5.74, 6) is 4.70. The lowest BCUT2D eigenvalue weighted by molar-refractivity contribution is -0.141. The van der Waals surface area contributed by atoms with E-state index in [0.29, 0.717) is 5.69 Å². The minimum absolute atomic E-state index is 0.0149. The van der Waals surface area contributed by atoms with Crippen molar-refractivity contribution in [3.05, 3.63) is 36.0 Å². The molecule has 10 heteroatoms. The molecule has 0 aliphatic heterocycles. The van der Waals surface area contributed by atoms with E-state index in [0.717, 1.165) is 6.07 Å². The van der Waals surface area contributed by atoms with Crippen LogP contribution in [0.2, 0.25) is 0 Å². The van der Waals surface area contributed by atoms with E-state index >= 15 is 0 Å². The third kappa shape index (κ3) is 3.51. The summed E-state index contributed by atoms with van der Waals surface area (Å²) < 4.78 is 37.9. The third-order valence-electron chi connectivity index (χ3n) is 2.24. The fraction of sp³-hybridized carbons (Fsp3) is 0.200. The molecule has 0 aliphatic carbocycles. The zero-order chi connectivity index (χ0) is 14.6. The van der Waals surface area contributed by atoms with Crippen molar-refractivity contribution < 1.29 is 13.2 Å². The average molecular weight is 285 g/mol. The molecule has 4 N–H and O–H groups in total. The number of nitrogens with two attached hydrogens (primary N) is 1. The molecule has 0 atom stereocenters. The van der Waals surface area contributed by atoms with Crippen molar-refractivity contribution in [3.63, 3.8) is 0 Å². The number of anilines is 2. The highest BCUT2D eigenvalue weighted by atomic mass is 19.4. The maximum absolute atomic E-state index is 12.6. The number of nitrogens with zero attached hydrogens (tertiary/aromatic N) is 4. The molecule has 0 unspecified atom stereocenters. The molecule has 0 saturated heterocycles. The highest BCUT2D eigenvalue weighted by molar-refractivity contribution is 5.42. The predicted molar refractivity (Wildman–Crippen MR) is 64.2 cm³/mol. The predicted octanol–water partition coefficient (Wildman–Crippen LogP) is 1.18. The molecule has 0 fully saturated rings. The largest absolute Gasteiger partial charge is 0.433 e. The van der Waals surface area contributed by atoms with Crippen LogP contribution in [0.4, 0.5) is 24.9 Å². The minimum Gasteiger partial charge on any atom is -0.364 e. The van der Waals surface area contributed by atoms with Crippen LogP contribution in [0.15, 0.2) is 24.7 Å². The van der Waals surface area contributed by atoms with Gasteiger partial charge in [0.25, 0.3) is 0 Å². The second-order valence-corrected chi connectivity index (χ2v) is 3.66. The van der Waals surface area contributed by atoms with Crippen molar-refractivity contribution in [1.29, 1.82) is 0 Å². The Kier molecular flexibility index (Phi) is 3.94. The van der Waals surface area contributed by atoms with E-state index in [2.05, 4.69) is 25.3 Å². The zero-order valence-corrected chi connectivity index (χ0v) is 10.0. The van der Waals surface area contributed by atoms with Gasteiger partial charge in [-0.1, -0.05) is 0 Å². The number of alkyl halides is 3. The van der Waals surface area contributed by atoms with E-state index in [4.69, 9.17) is 5.84 Å². The minimum atomic E-state index is -4.58. The number of nitrogen functional groups attached to an aromatic ring is 1. The molecule has 106 valence electrons. The molecule has 0 aliphatic rings. The van der Waals surface area contributed by atoms with Crippen molar-refractivity contribution >= 4 is 11.8 Å². The summed E-state index contributed by atoms with van der Waals surface area (Å²) in [7, 11) is 0. The van der Waals surface area contributed by atoms with Crippen molar-refractivity contribution in [3.8, 4) is 0 Å². The zero-order valence-electron chi connectivity index (χ0n) is 10.0. The van der Waals surface area contributed by atoms with E-state index in [1.165, 1.54) is 12.5 Å². The molecule has 20 heavy (non-hydrogen) atoms. The van der Waals surface area contributed by atoms with Gasteiger partial charge in [-0.3, -0.25) is 5.43 Å². The van der Waals surface area contributed by atoms with Gasteiger partial charge in [-0.25, -0.2) is 20.8 Å². The number of aromatic nitrogens is 4. The van der Waals surface area contributed by atoms with Crippen LogP contribution < -0.4 is 16.6 Å². The highest BCUT2D eigenvalue weighted by Gasteiger charge is 2.33. The third-order valence-corrected chi connectivity index (χ3v) is 2.24. The Balaban J connectivity index is 2.19. The molecule has 0 radical (unpaired) electrons. The lowest BCUT2D eigenvalue weighted by Crippen LogP contribution is -2.17. The Hall–Kier alpha value is -2.49. The fourth-order valence-electron chi connectivity index (χ4n) is 1.35. The summed E-state index contributed by atoms with van der Waals surface area (Å²) in [5, 5.41) is 2.71. The first-order valence-corrected chi connectivity index (χ1v) is 5.40. The molecule has 7 nitrogen and oxygen atoms in total. The Morgan fingerprint density at radius 2 is 2.05 bits per heavy atom. The van der Waals surface area contributed by atoms with Crippen LogP contribution in [-0.4, -0.2) is 19.9 Å². The standard InChI is InChI=1S/C10H10F3N7/c11-10(12,13)7-3-8(19-9(18-7)20-14)16-4-6-1-2-15-5-17-6/h1-3,5H,4,14H2,(H2,16,18,19,20). The van der Waals surface area contributed by atoms with Crippen LogP contribution in [-0.2, 0) is 12.7 Å². The highest BCUT2D eigenvalue weighted by Crippen LogP contribution is 2.29. The fourth-order valence-corrected chi connectivity index (χ4v) is 1.35. The van der Waals surface area contributed by atoms with Gasteiger partial charge in [0.2, 0.25) is 5.95 Å². The molecular formula is C10H10F3N7. The molecule has 0 amide bonds. The Bertz CT molecular complexity index is 573. The van der Waals surface area contributed by atoms with Crippen molar-refractivity contribution in [2.75, 3.05) is 10.7 Å². The first-order chi connectivity index (χ1) is 9.49. The first kappa shape index (κ1) is 13.9. The van der Waals surface area contributed by atoms with Crippen molar-refractivity contribution in [2.45, 2.75) is 12.7 Å². The van der Waals surface area contributed by atoms with E-state index in [1.807, 2.05) is 5.43 Å². The summed E-state index contributed by atoms with van der Waals surface area (Å²) in [6.07, 6.45) is -1.72. The molecule has 0 bridgehead atoms. The number of halogens is 3. The Labute approximate surface area is 111 Å². The van der Waals surface area contributed by atoms with Gasteiger partial charge in [-0.15, -0.1) is 0 Å². The number of rotatable bonds is 4. The van der Waals surface area contributed by atoms with Gasteiger partial charge in [0.05, 0.1) is 12.2 Å². The van der Waals surface area contributed by atoms with Crippen molar-refractivity contribution in [2.24, 2.45) is 5.84 Å². The summed E-state index contributed by atoms with van der Waals surface area (Å²) in [6, 6.07) is 2.42. The van der Waals surface area contributed by atoms with Gasteiger partial charge in [-0.2, -0.15) is 18.2 Å². The summed E-state index contributed by atoms with van der Waals surface area (Å²) in [6.45, 7) is 0.195. The molecule has 0 spiro atoms. The van der Waals surface area contributed by atoms with Gasteiger partial charge in [0, 0.05) is 12.3 Å². The van der Waals surface area contributed by atoms with E-state index in [9.17, 15) is 13.2 Å². The molecule has 0 saturated carbocycles. The SMILES string of the molecule is NNc1nc(NCc2ccncn2)cc(C(F)(F)F)n1. The molecule has 2 rings (SSSR count). The lowest BCUT2D eigenvalue weighted by Gasteiger charge is -2.11. The average Bonchev–Trinajstić information content (AvgIpc) is 2.45. The topological polar surface area (TPSA) is 102 Å². The second kappa shape index (κ2) is 5.65. The summed E-state index contributed by atoms with van der Waals surface area (Å²) >= 11 is 0. The van der Waals surface area contributed by atoms with Crippen LogP contribution in [0.1, 0.15) is 11.4 Å². The smallest absolute Gasteiger partial charge is 0.364 e. The molecule has 2 heterocycles. The maximum atomic E-state index is 12.6. The van der Waals surface area contributed by atoms with E-state index in [1.54, 1.807) is 6.07 Å². The monoisotopic (exact) mass is 285 g/mol. The van der Waals surface area contributed by atoms with Crippen LogP contribution in [0.3, 0.4) is 0 Å². The van der Waals surface area contributed by atoms with Crippen LogP contribution in [0, 0.1) is 0 Å². The number of hydrogen-bond donors (Lipinski definition) is 3. The van der Waals surface area contributed by atoms with Gasteiger partial charge >= 0.3 is 6.18 Å². The quantitative estimate of drug-likeness (QED) is 0.572. The second-order valence-electron chi connectivity index (χ2n) is 3.66. The Morgan fingerprint density at radius 1 is 1.25 bits per heavy atom. The van der Waals surface area contributed by atoms with Gasteiger partial charge < -0.3 is 5.32 Å². The van der Waals surface area contributed by atoms with Gasteiger partial charge in [0.1, 0.15) is 12.1 Å². The van der Waals surface area contributed by atoms with E-state index in [-0.39, 0.29) is 18.3 Å². The van der Waals surface area contributed by atoms with Gasteiger partial charge in [-0.05, 0) is 6.07 Å². The Morgan fingerprint density at radius 3 is 2.65 bits per heavy atom. The molecule has 2 aromatic heterocycles. The first-order valence-electron chi connectivity index (χ1n) is 5.40. The van der Waals surface area contributed by atoms with E-state index < -0.39 is 11.9 Å². The van der Waals surface area contributed by atoms with Crippen LogP contribution in [0.5, 0.6) is 0 Å². The van der Waals surface area contributed by atoms with Crippen molar-refractivity contribution in [1.82, 2.24) is 19.9 Å². The summed E-state index contributed by atoms with van der Waals surface area (Å²) in [4.78, 5) is 14.7. The summed E-state index contributed by atoms with van der Waals surface area (Å²) in [5.41, 5.74) is 1.50. The van der Waals surface area contributed by atoms with Crippen LogP contribution >= 0.6 is 0 Å². The maximum Gasteiger partial charge on any atom is 0.433 e. The van der Waals surface area contributed by atoms with Gasteiger partial charge in [0.15, 0.2) is 5.69 Å². The lowest BCUT2D eigenvalue weighted by atomic mass is 10.3. The number of hydrazine groups is 1.